The minimum Gasteiger partial charge on any atom is -0.465 e. The van der Waals surface area contributed by atoms with Crippen molar-refractivity contribution in [3.8, 4) is 0 Å². The standard InChI is InChI=1S/C10H6Br3NO3/c1-17-8(15)5-2-4(11)3-6-7(5)14-9(16)10(6,12)13/h2-3H,1H3,(H,14,16). The van der Waals surface area contributed by atoms with Crippen molar-refractivity contribution in [1.29, 1.82) is 0 Å². The summed E-state index contributed by atoms with van der Waals surface area (Å²) in [6.07, 6.45) is 0. The topological polar surface area (TPSA) is 55.4 Å². The molecule has 1 aliphatic rings. The van der Waals surface area contributed by atoms with E-state index in [-0.39, 0.29) is 5.91 Å². The van der Waals surface area contributed by atoms with Gasteiger partial charge in [0.25, 0.3) is 5.91 Å². The Labute approximate surface area is 122 Å². The molecule has 1 aromatic carbocycles. The number of anilines is 1. The van der Waals surface area contributed by atoms with E-state index in [9.17, 15) is 9.59 Å². The third-order valence-electron chi connectivity index (χ3n) is 2.37. The Morgan fingerprint density at radius 3 is 2.65 bits per heavy atom. The number of ether oxygens (including phenoxy) is 1. The van der Waals surface area contributed by atoms with Crippen LogP contribution in [-0.2, 0) is 12.8 Å². The van der Waals surface area contributed by atoms with Crippen LogP contribution in [0.4, 0.5) is 5.69 Å². The molecule has 0 radical (unpaired) electrons. The number of nitrogens with one attached hydrogen (secondary N) is 1. The van der Waals surface area contributed by atoms with Gasteiger partial charge < -0.3 is 10.1 Å². The Kier molecular flexibility index (Phi) is 3.35. The molecule has 7 heteroatoms. The molecule has 0 saturated carbocycles. The zero-order valence-electron chi connectivity index (χ0n) is 8.51. The molecule has 0 spiro atoms. The van der Waals surface area contributed by atoms with Crippen LogP contribution in [0.1, 0.15) is 15.9 Å². The van der Waals surface area contributed by atoms with Crippen LogP contribution >= 0.6 is 47.8 Å². The fourth-order valence-electron chi connectivity index (χ4n) is 1.57. The van der Waals surface area contributed by atoms with Crippen molar-refractivity contribution in [3.63, 3.8) is 0 Å². The third-order valence-corrected chi connectivity index (χ3v) is 4.40. The number of carbonyl (C=O) groups excluding carboxylic acids is 2. The first-order valence-electron chi connectivity index (χ1n) is 4.49. The Balaban J connectivity index is 2.69. The van der Waals surface area contributed by atoms with Crippen LogP contribution in [0, 0.1) is 0 Å². The molecule has 17 heavy (non-hydrogen) atoms. The second kappa shape index (κ2) is 4.37. The smallest absolute Gasteiger partial charge is 0.340 e. The van der Waals surface area contributed by atoms with E-state index in [1.807, 2.05) is 0 Å². The second-order valence-electron chi connectivity index (χ2n) is 3.40. The highest BCUT2D eigenvalue weighted by Gasteiger charge is 2.44. The summed E-state index contributed by atoms with van der Waals surface area (Å²) in [5.41, 5.74) is 1.40. The Morgan fingerprint density at radius 2 is 2.06 bits per heavy atom. The average Bonchev–Trinajstić information content (AvgIpc) is 2.50. The number of esters is 1. The number of carbonyl (C=O) groups is 2. The molecule has 0 saturated heterocycles. The number of hydrogen-bond donors (Lipinski definition) is 1. The molecular formula is C10H6Br3NO3. The summed E-state index contributed by atoms with van der Waals surface area (Å²) in [5.74, 6) is -0.781. The first-order chi connectivity index (χ1) is 7.87. The van der Waals surface area contributed by atoms with Gasteiger partial charge in [-0.1, -0.05) is 47.8 Å². The summed E-state index contributed by atoms with van der Waals surface area (Å²) in [4.78, 5) is 23.4. The summed E-state index contributed by atoms with van der Waals surface area (Å²) >= 11 is 9.85. The highest BCUT2D eigenvalue weighted by molar-refractivity contribution is 9.25. The van der Waals surface area contributed by atoms with E-state index in [0.29, 0.717) is 21.3 Å². The molecule has 0 aromatic heterocycles. The minimum absolute atomic E-state index is 0.282. The van der Waals surface area contributed by atoms with Gasteiger partial charge in [0.1, 0.15) is 0 Å². The summed E-state index contributed by atoms with van der Waals surface area (Å²) in [6.45, 7) is 0. The number of fused-ring (bicyclic) bond motifs is 1. The fraction of sp³-hybridized carbons (Fsp3) is 0.200. The van der Waals surface area contributed by atoms with Crippen molar-refractivity contribution in [2.45, 2.75) is 3.23 Å². The molecular weight excluding hydrogens is 422 g/mol. The maximum absolute atomic E-state index is 11.8. The van der Waals surface area contributed by atoms with Crippen molar-refractivity contribution >= 4 is 65.4 Å². The quantitative estimate of drug-likeness (QED) is 0.553. The van der Waals surface area contributed by atoms with Gasteiger partial charge >= 0.3 is 5.97 Å². The normalized spacial score (nSPS) is 16.4. The van der Waals surface area contributed by atoms with Crippen LogP contribution in [-0.4, -0.2) is 19.0 Å². The molecule has 1 heterocycles. The van der Waals surface area contributed by atoms with E-state index in [1.54, 1.807) is 12.1 Å². The molecule has 1 aliphatic heterocycles. The molecule has 4 nitrogen and oxygen atoms in total. The number of alkyl halides is 2. The monoisotopic (exact) mass is 425 g/mol. The van der Waals surface area contributed by atoms with E-state index in [1.165, 1.54) is 7.11 Å². The summed E-state index contributed by atoms with van der Waals surface area (Å²) in [6, 6.07) is 3.36. The van der Waals surface area contributed by atoms with Crippen molar-refractivity contribution in [1.82, 2.24) is 0 Å². The maximum Gasteiger partial charge on any atom is 0.340 e. The van der Waals surface area contributed by atoms with Gasteiger partial charge in [0.05, 0.1) is 18.4 Å². The average molecular weight is 428 g/mol. The molecule has 1 aromatic rings. The van der Waals surface area contributed by atoms with E-state index < -0.39 is 9.20 Å². The molecule has 0 unspecified atom stereocenters. The predicted octanol–water partition coefficient (Wildman–Crippen LogP) is 3.13. The lowest BCUT2D eigenvalue weighted by atomic mass is 10.1. The van der Waals surface area contributed by atoms with Crippen molar-refractivity contribution in [3.05, 3.63) is 27.7 Å². The van der Waals surface area contributed by atoms with Gasteiger partial charge in [-0.05, 0) is 12.1 Å². The van der Waals surface area contributed by atoms with E-state index >= 15 is 0 Å². The van der Waals surface area contributed by atoms with Gasteiger partial charge in [0, 0.05) is 10.0 Å². The maximum atomic E-state index is 11.8. The van der Waals surface area contributed by atoms with Gasteiger partial charge in [-0.15, -0.1) is 0 Å². The van der Waals surface area contributed by atoms with Gasteiger partial charge in [0.2, 0.25) is 0 Å². The fourth-order valence-corrected chi connectivity index (χ4v) is 2.86. The number of amides is 1. The SMILES string of the molecule is COC(=O)c1cc(Br)cc2c1NC(=O)C2(Br)Br. The van der Waals surface area contributed by atoms with Crippen LogP contribution < -0.4 is 5.32 Å². The van der Waals surface area contributed by atoms with Gasteiger partial charge in [-0.2, -0.15) is 0 Å². The number of benzene rings is 1. The zero-order chi connectivity index (χ0) is 12.8. The minimum atomic E-state index is -1.01. The molecule has 0 atom stereocenters. The van der Waals surface area contributed by atoms with Crippen LogP contribution in [0.5, 0.6) is 0 Å². The van der Waals surface area contributed by atoms with Crippen LogP contribution in [0.15, 0.2) is 16.6 Å². The number of hydrogen-bond acceptors (Lipinski definition) is 3. The zero-order valence-corrected chi connectivity index (χ0v) is 13.3. The molecule has 90 valence electrons. The Hall–Kier alpha value is -0.400. The van der Waals surface area contributed by atoms with E-state index in [0.717, 1.165) is 0 Å². The van der Waals surface area contributed by atoms with Gasteiger partial charge in [-0.25, -0.2) is 4.79 Å². The third kappa shape index (κ3) is 2.04. The second-order valence-corrected chi connectivity index (χ2v) is 7.75. The highest BCUT2D eigenvalue weighted by Crippen LogP contribution is 2.49. The molecule has 2 rings (SSSR count). The first-order valence-corrected chi connectivity index (χ1v) is 6.87. The largest absolute Gasteiger partial charge is 0.465 e. The van der Waals surface area contributed by atoms with Crippen LogP contribution in [0.3, 0.4) is 0 Å². The lowest BCUT2D eigenvalue weighted by Gasteiger charge is -2.11. The van der Waals surface area contributed by atoms with E-state index in [4.69, 9.17) is 0 Å². The summed E-state index contributed by atoms with van der Waals surface area (Å²) < 4.78 is 4.36. The number of rotatable bonds is 1. The van der Waals surface area contributed by atoms with Crippen LogP contribution in [0.25, 0.3) is 0 Å². The number of methoxy groups -OCH3 is 1. The lowest BCUT2D eigenvalue weighted by molar-refractivity contribution is -0.115. The van der Waals surface area contributed by atoms with E-state index in [2.05, 4.69) is 57.8 Å². The number of halogens is 3. The first kappa shape index (κ1) is 13.0. The molecule has 1 amide bonds. The van der Waals surface area contributed by atoms with Crippen molar-refractivity contribution < 1.29 is 14.3 Å². The molecule has 0 bridgehead atoms. The highest BCUT2D eigenvalue weighted by atomic mass is 79.9. The lowest BCUT2D eigenvalue weighted by Crippen LogP contribution is -2.20. The molecule has 0 aliphatic carbocycles. The Morgan fingerprint density at radius 1 is 1.41 bits per heavy atom. The molecule has 0 fully saturated rings. The summed E-state index contributed by atoms with van der Waals surface area (Å²) in [7, 11) is 1.29. The van der Waals surface area contributed by atoms with Crippen molar-refractivity contribution in [2.24, 2.45) is 0 Å². The molecule has 1 N–H and O–H groups in total. The predicted molar refractivity (Wildman–Crippen MR) is 73.6 cm³/mol. The van der Waals surface area contributed by atoms with Gasteiger partial charge in [-0.3, -0.25) is 4.79 Å². The Bertz CT molecular complexity index is 528. The van der Waals surface area contributed by atoms with Crippen LogP contribution in [0.2, 0.25) is 0 Å². The van der Waals surface area contributed by atoms with Gasteiger partial charge in [0.15, 0.2) is 3.23 Å². The summed E-state index contributed by atoms with van der Waals surface area (Å²) in [5, 5.41) is 2.64. The van der Waals surface area contributed by atoms with Crippen molar-refractivity contribution in [2.75, 3.05) is 12.4 Å².